The zero-order valence-electron chi connectivity index (χ0n) is 15.3. The lowest BCUT2D eigenvalue weighted by Gasteiger charge is -2.16. The van der Waals surface area contributed by atoms with Crippen molar-refractivity contribution in [3.8, 4) is 0 Å². The van der Waals surface area contributed by atoms with Gasteiger partial charge in [0.2, 0.25) is 10.0 Å². The Morgan fingerprint density at radius 1 is 1.13 bits per heavy atom. The van der Waals surface area contributed by atoms with Crippen LogP contribution in [0.4, 0.5) is 18.9 Å². The molecule has 1 fully saturated rings. The van der Waals surface area contributed by atoms with Crippen molar-refractivity contribution >= 4 is 32.5 Å². The summed E-state index contributed by atoms with van der Waals surface area (Å²) in [4.78, 5) is 15.3. The third kappa shape index (κ3) is 3.55. The number of hydrogen-bond acceptors (Lipinski definition) is 4. The van der Waals surface area contributed by atoms with Crippen molar-refractivity contribution < 1.29 is 31.5 Å². The lowest BCUT2D eigenvalue weighted by Crippen LogP contribution is -2.30. The van der Waals surface area contributed by atoms with Gasteiger partial charge in [-0.3, -0.25) is 4.79 Å². The number of carbonyl (C=O) groups is 1. The number of anilines is 1. The van der Waals surface area contributed by atoms with Crippen molar-refractivity contribution in [2.75, 3.05) is 18.4 Å². The lowest BCUT2D eigenvalue weighted by molar-refractivity contribution is 0.102. The van der Waals surface area contributed by atoms with Gasteiger partial charge < -0.3 is 15.4 Å². The van der Waals surface area contributed by atoms with Crippen LogP contribution >= 0.6 is 0 Å². The maximum Gasteiger partial charge on any atom is 0.256 e. The molecule has 158 valence electrons. The molecule has 2 atom stereocenters. The topological polar surface area (TPSA) is 102 Å². The molecule has 1 aliphatic rings. The van der Waals surface area contributed by atoms with E-state index in [0.29, 0.717) is 10.9 Å². The van der Waals surface area contributed by atoms with Crippen molar-refractivity contribution in [1.29, 1.82) is 0 Å². The summed E-state index contributed by atoms with van der Waals surface area (Å²) in [6.45, 7) is -0.898. The van der Waals surface area contributed by atoms with Crippen LogP contribution in [0.2, 0.25) is 0 Å². The molecule has 30 heavy (non-hydrogen) atoms. The van der Waals surface area contributed by atoms with Gasteiger partial charge in [-0.05, 0) is 30.3 Å². The molecule has 3 N–H and O–H groups in total. The Labute approximate surface area is 169 Å². The molecule has 11 heteroatoms. The Balaban J connectivity index is 1.72. The highest BCUT2D eigenvalue weighted by Gasteiger charge is 2.39. The average Bonchev–Trinajstić information content (AvgIpc) is 3.30. The number of rotatable bonds is 4. The molecule has 1 saturated heterocycles. The highest BCUT2D eigenvalue weighted by Crippen LogP contribution is 2.28. The Hall–Kier alpha value is -2.89. The third-order valence-corrected chi connectivity index (χ3v) is 6.70. The average molecular weight is 439 g/mol. The number of aromatic amines is 1. The van der Waals surface area contributed by atoms with Gasteiger partial charge in [0.1, 0.15) is 12.3 Å². The second kappa shape index (κ2) is 7.42. The molecule has 4 rings (SSSR count). The summed E-state index contributed by atoms with van der Waals surface area (Å²) in [6.07, 6.45) is -1.62. The normalized spacial score (nSPS) is 20.0. The van der Waals surface area contributed by atoms with Crippen molar-refractivity contribution in [2.45, 2.75) is 17.2 Å². The third-order valence-electron chi connectivity index (χ3n) is 4.89. The van der Waals surface area contributed by atoms with Crippen LogP contribution in [-0.2, 0) is 10.0 Å². The first-order chi connectivity index (χ1) is 14.2. The smallest absolute Gasteiger partial charge is 0.256 e. The van der Waals surface area contributed by atoms with Crippen LogP contribution in [0, 0.1) is 11.6 Å². The van der Waals surface area contributed by atoms with E-state index in [0.717, 1.165) is 28.6 Å². The number of hydrogen-bond donors (Lipinski definition) is 3. The number of nitrogens with one attached hydrogen (secondary N) is 2. The minimum atomic E-state index is -4.19. The molecule has 0 bridgehead atoms. The first-order valence-corrected chi connectivity index (χ1v) is 10.3. The summed E-state index contributed by atoms with van der Waals surface area (Å²) < 4.78 is 66.8. The van der Waals surface area contributed by atoms with Crippen molar-refractivity contribution in [2.24, 2.45) is 0 Å². The summed E-state index contributed by atoms with van der Waals surface area (Å²) in [5.74, 6) is -2.97. The molecule has 3 aromatic rings. The van der Waals surface area contributed by atoms with Gasteiger partial charge in [0.25, 0.3) is 5.91 Å². The molecular weight excluding hydrogens is 423 g/mol. The van der Waals surface area contributed by atoms with E-state index in [1.807, 2.05) is 0 Å². The molecule has 0 radical (unpaired) electrons. The molecule has 1 aliphatic heterocycles. The summed E-state index contributed by atoms with van der Waals surface area (Å²) in [5, 5.41) is 12.4. The monoisotopic (exact) mass is 439 g/mol. The number of aliphatic hydroxyl groups excluding tert-OH is 1. The van der Waals surface area contributed by atoms with Crippen molar-refractivity contribution in [3.05, 3.63) is 59.8 Å². The second-order valence-corrected chi connectivity index (χ2v) is 8.84. The van der Waals surface area contributed by atoms with E-state index in [9.17, 15) is 31.5 Å². The predicted octanol–water partition coefficient (Wildman–Crippen LogP) is 2.40. The van der Waals surface area contributed by atoms with Crippen LogP contribution < -0.4 is 5.32 Å². The number of H-pyrrole nitrogens is 1. The van der Waals surface area contributed by atoms with E-state index in [-0.39, 0.29) is 16.1 Å². The molecule has 0 saturated carbocycles. The van der Waals surface area contributed by atoms with E-state index in [1.54, 1.807) is 6.07 Å². The molecule has 2 aromatic carbocycles. The minimum absolute atomic E-state index is 0.0150. The molecular formula is C19H16F3N3O4S. The highest BCUT2D eigenvalue weighted by atomic mass is 32.2. The largest absolute Gasteiger partial charge is 0.389 e. The fraction of sp³-hybridized carbons (Fsp3) is 0.211. The van der Waals surface area contributed by atoms with Crippen LogP contribution in [0.25, 0.3) is 10.9 Å². The number of alkyl halides is 1. The Morgan fingerprint density at radius 3 is 2.57 bits per heavy atom. The Kier molecular flexibility index (Phi) is 5.04. The number of halogens is 3. The lowest BCUT2D eigenvalue weighted by atomic mass is 10.1. The fourth-order valence-electron chi connectivity index (χ4n) is 3.31. The van der Waals surface area contributed by atoms with E-state index in [2.05, 4.69) is 10.3 Å². The van der Waals surface area contributed by atoms with Crippen molar-refractivity contribution in [1.82, 2.24) is 9.29 Å². The molecule has 1 amide bonds. The molecule has 2 unspecified atom stereocenters. The zero-order valence-corrected chi connectivity index (χ0v) is 16.1. The number of aliphatic hydroxyl groups is 1. The maximum atomic E-state index is 13.6. The molecule has 1 aromatic heterocycles. The summed E-state index contributed by atoms with van der Waals surface area (Å²) in [5.41, 5.74) is 0.287. The quantitative estimate of drug-likeness (QED) is 0.581. The van der Waals surface area contributed by atoms with Gasteiger partial charge in [-0.15, -0.1) is 0 Å². The highest BCUT2D eigenvalue weighted by molar-refractivity contribution is 7.89. The zero-order chi connectivity index (χ0) is 21.6. The SMILES string of the molecule is O=C(Nc1ccc(F)c(F)c1)c1cc(S(=O)(=O)N2CC(O)C(F)C2)cc2[nH]ccc12. The van der Waals surface area contributed by atoms with Gasteiger partial charge in [0.15, 0.2) is 11.6 Å². The van der Waals surface area contributed by atoms with E-state index in [1.165, 1.54) is 12.3 Å². The van der Waals surface area contributed by atoms with Gasteiger partial charge in [-0.1, -0.05) is 0 Å². The van der Waals surface area contributed by atoms with Gasteiger partial charge >= 0.3 is 0 Å². The predicted molar refractivity (Wildman–Crippen MR) is 102 cm³/mol. The second-order valence-electron chi connectivity index (χ2n) is 6.90. The summed E-state index contributed by atoms with van der Waals surface area (Å²) in [6, 6.07) is 6.80. The van der Waals surface area contributed by atoms with E-state index in [4.69, 9.17) is 0 Å². The van der Waals surface area contributed by atoms with Crippen LogP contribution in [0.5, 0.6) is 0 Å². The molecule has 2 heterocycles. The summed E-state index contributed by atoms with van der Waals surface area (Å²) in [7, 11) is -4.19. The molecule has 0 aliphatic carbocycles. The standard InChI is InChI=1S/C19H16F3N3O4S/c20-14-2-1-10(5-15(14)21)24-19(27)13-6-11(7-17-12(13)3-4-23-17)30(28,29)25-8-16(22)18(26)9-25/h1-7,16,18,23,26H,8-9H2,(H,24,27). The number of sulfonamides is 1. The van der Waals surface area contributed by atoms with Crippen LogP contribution in [0.1, 0.15) is 10.4 Å². The molecule has 0 spiro atoms. The van der Waals surface area contributed by atoms with Crippen LogP contribution in [-0.4, -0.2) is 54.1 Å². The molecule has 7 nitrogen and oxygen atoms in total. The Bertz CT molecular complexity index is 1240. The summed E-state index contributed by atoms with van der Waals surface area (Å²) >= 11 is 0. The van der Waals surface area contributed by atoms with Gasteiger partial charge in [-0.2, -0.15) is 4.31 Å². The van der Waals surface area contributed by atoms with E-state index < -0.39 is 52.9 Å². The number of carbonyl (C=O) groups excluding carboxylic acids is 1. The number of β-amino-alcohol motifs (C(OH)–C–C–N with tert-alkyl or cyclic N) is 1. The Morgan fingerprint density at radius 2 is 1.90 bits per heavy atom. The first kappa shape index (κ1) is 20.4. The minimum Gasteiger partial charge on any atom is -0.389 e. The number of benzene rings is 2. The van der Waals surface area contributed by atoms with Crippen LogP contribution in [0.15, 0.2) is 47.5 Å². The first-order valence-electron chi connectivity index (χ1n) is 8.86. The van der Waals surface area contributed by atoms with Crippen molar-refractivity contribution in [3.63, 3.8) is 0 Å². The maximum absolute atomic E-state index is 13.6. The van der Waals surface area contributed by atoms with Crippen LogP contribution in [0.3, 0.4) is 0 Å². The van der Waals surface area contributed by atoms with Gasteiger partial charge in [-0.25, -0.2) is 21.6 Å². The number of amides is 1. The van der Waals surface area contributed by atoms with Gasteiger partial charge in [0.05, 0.1) is 10.5 Å². The number of fused-ring (bicyclic) bond motifs is 1. The van der Waals surface area contributed by atoms with E-state index >= 15 is 0 Å². The number of aromatic nitrogens is 1. The van der Waals surface area contributed by atoms with Gasteiger partial charge in [0, 0.05) is 41.9 Å². The fourth-order valence-corrected chi connectivity index (χ4v) is 4.83. The number of nitrogens with zero attached hydrogens (tertiary/aromatic N) is 1.